The minimum absolute atomic E-state index is 0.0407. The summed E-state index contributed by atoms with van der Waals surface area (Å²) in [7, 11) is 0. The molecular formula is C23H21ClF2N4O2. The fraction of sp³-hybridized carbons (Fsp3) is 0.261. The quantitative estimate of drug-likeness (QED) is 0.583. The number of carbonyl (C=O) groups is 1. The van der Waals surface area contributed by atoms with Gasteiger partial charge in [0, 0.05) is 36.1 Å². The molecule has 0 spiro atoms. The summed E-state index contributed by atoms with van der Waals surface area (Å²) in [6.45, 7) is 8.31. The normalized spacial score (nSPS) is 18.8. The van der Waals surface area contributed by atoms with Gasteiger partial charge >= 0.3 is 0 Å². The number of fused-ring (bicyclic) bond motifs is 1. The SMILES string of the molecule is C=CC(=O)N1C[C@H](C)N(c2ncnc3c(F)c(-c4c(O)cccc4F)c(Cl)cc23)[C@@H](C)C1. The molecule has 0 unspecified atom stereocenters. The van der Waals surface area contributed by atoms with Gasteiger partial charge in [0.1, 0.15) is 29.2 Å². The molecule has 0 bridgehead atoms. The van der Waals surface area contributed by atoms with Crippen LogP contribution >= 0.6 is 11.6 Å². The van der Waals surface area contributed by atoms with Crippen molar-refractivity contribution in [1.29, 1.82) is 0 Å². The van der Waals surface area contributed by atoms with Crippen LogP contribution in [-0.4, -0.2) is 51.1 Å². The van der Waals surface area contributed by atoms with Gasteiger partial charge in [-0.3, -0.25) is 4.79 Å². The number of aromatic hydroxyl groups is 1. The summed E-state index contributed by atoms with van der Waals surface area (Å²) in [5.41, 5.74) is -0.627. The van der Waals surface area contributed by atoms with Crippen LogP contribution in [0, 0.1) is 11.6 Å². The molecular weight excluding hydrogens is 438 g/mol. The van der Waals surface area contributed by atoms with E-state index in [-0.39, 0.29) is 39.7 Å². The van der Waals surface area contributed by atoms with E-state index in [1.807, 2.05) is 18.7 Å². The zero-order valence-corrected chi connectivity index (χ0v) is 18.3. The predicted molar refractivity (Wildman–Crippen MR) is 120 cm³/mol. The second-order valence-corrected chi connectivity index (χ2v) is 8.23. The van der Waals surface area contributed by atoms with Crippen molar-refractivity contribution >= 4 is 34.2 Å². The fourth-order valence-electron chi connectivity index (χ4n) is 4.36. The molecule has 0 radical (unpaired) electrons. The first kappa shape index (κ1) is 22.0. The van der Waals surface area contributed by atoms with Crippen LogP contribution in [0.2, 0.25) is 5.02 Å². The van der Waals surface area contributed by atoms with Gasteiger partial charge in [0.2, 0.25) is 5.91 Å². The maximum absolute atomic E-state index is 15.6. The van der Waals surface area contributed by atoms with Crippen LogP contribution in [0.4, 0.5) is 14.6 Å². The highest BCUT2D eigenvalue weighted by molar-refractivity contribution is 6.34. The van der Waals surface area contributed by atoms with Crippen LogP contribution in [0.3, 0.4) is 0 Å². The molecule has 1 fully saturated rings. The molecule has 2 atom stereocenters. The number of benzene rings is 2. The van der Waals surface area contributed by atoms with Crippen molar-refractivity contribution in [3.63, 3.8) is 0 Å². The summed E-state index contributed by atoms with van der Waals surface area (Å²) < 4.78 is 30.0. The molecule has 3 aromatic rings. The molecule has 166 valence electrons. The summed E-state index contributed by atoms with van der Waals surface area (Å²) in [6.07, 6.45) is 2.52. The van der Waals surface area contributed by atoms with Gasteiger partial charge in [-0.2, -0.15) is 0 Å². The Morgan fingerprint density at radius 2 is 1.91 bits per heavy atom. The summed E-state index contributed by atoms with van der Waals surface area (Å²) >= 11 is 6.40. The third-order valence-electron chi connectivity index (χ3n) is 5.69. The van der Waals surface area contributed by atoms with Gasteiger partial charge in [0.25, 0.3) is 0 Å². The van der Waals surface area contributed by atoms with Crippen molar-refractivity contribution in [3.05, 3.63) is 59.9 Å². The molecule has 9 heteroatoms. The molecule has 1 aliphatic heterocycles. The van der Waals surface area contributed by atoms with Gasteiger partial charge in [0.15, 0.2) is 5.82 Å². The lowest BCUT2D eigenvalue weighted by atomic mass is 10.00. The van der Waals surface area contributed by atoms with Crippen LogP contribution in [-0.2, 0) is 4.79 Å². The lowest BCUT2D eigenvalue weighted by Crippen LogP contribution is -2.58. The highest BCUT2D eigenvalue weighted by Crippen LogP contribution is 2.42. The van der Waals surface area contributed by atoms with Crippen molar-refractivity contribution in [3.8, 4) is 16.9 Å². The van der Waals surface area contributed by atoms with E-state index in [1.165, 1.54) is 30.6 Å². The van der Waals surface area contributed by atoms with Crippen LogP contribution < -0.4 is 4.90 Å². The number of phenols is 1. The molecule has 2 aromatic carbocycles. The van der Waals surface area contributed by atoms with E-state index in [0.29, 0.717) is 24.3 Å². The highest BCUT2D eigenvalue weighted by atomic mass is 35.5. The third kappa shape index (κ3) is 3.54. The molecule has 1 aliphatic rings. The standard InChI is InChI=1S/C23H21ClF2N4O2/c1-4-18(32)29-9-12(2)30(13(3)10-29)23-14-8-15(24)19(21(26)22(14)27-11-28-23)20-16(25)6-5-7-17(20)31/h4-8,11-13,31H,1,9-10H2,2-3H3/t12-,13-/m0/s1. The van der Waals surface area contributed by atoms with E-state index in [0.717, 1.165) is 6.07 Å². The number of carbonyl (C=O) groups excluding carboxylic acids is 1. The van der Waals surface area contributed by atoms with E-state index in [4.69, 9.17) is 11.6 Å². The maximum Gasteiger partial charge on any atom is 0.246 e. The zero-order chi connectivity index (χ0) is 23.2. The molecule has 32 heavy (non-hydrogen) atoms. The predicted octanol–water partition coefficient (Wildman–Crippen LogP) is 4.55. The summed E-state index contributed by atoms with van der Waals surface area (Å²) in [4.78, 5) is 24.2. The molecule has 0 saturated carbocycles. The number of phenolic OH excluding ortho intramolecular Hbond substituents is 1. The van der Waals surface area contributed by atoms with Gasteiger partial charge in [-0.15, -0.1) is 0 Å². The van der Waals surface area contributed by atoms with E-state index in [9.17, 15) is 14.3 Å². The molecule has 1 aromatic heterocycles. The first-order chi connectivity index (χ1) is 15.2. The summed E-state index contributed by atoms with van der Waals surface area (Å²) in [5, 5.41) is 10.4. The number of rotatable bonds is 3. The maximum atomic E-state index is 15.6. The van der Waals surface area contributed by atoms with E-state index in [2.05, 4.69) is 16.5 Å². The Balaban J connectivity index is 1.86. The topological polar surface area (TPSA) is 69.6 Å². The monoisotopic (exact) mass is 458 g/mol. The van der Waals surface area contributed by atoms with Gasteiger partial charge in [0.05, 0.1) is 10.6 Å². The average molecular weight is 459 g/mol. The Labute approximate surface area is 188 Å². The van der Waals surface area contributed by atoms with E-state index < -0.39 is 17.4 Å². The Kier molecular flexibility index (Phi) is 5.73. The van der Waals surface area contributed by atoms with E-state index >= 15 is 4.39 Å². The van der Waals surface area contributed by atoms with E-state index in [1.54, 1.807) is 4.90 Å². The Hall–Kier alpha value is -3.26. The van der Waals surface area contributed by atoms with Gasteiger partial charge in [-0.25, -0.2) is 18.7 Å². The summed E-state index contributed by atoms with van der Waals surface area (Å²) in [6, 6.07) is 4.93. The Morgan fingerprint density at radius 1 is 1.22 bits per heavy atom. The number of aromatic nitrogens is 2. The van der Waals surface area contributed by atoms with Crippen molar-refractivity contribution < 1.29 is 18.7 Å². The molecule has 2 heterocycles. The fourth-order valence-corrected chi connectivity index (χ4v) is 4.65. The van der Waals surface area contributed by atoms with Crippen molar-refractivity contribution in [2.45, 2.75) is 25.9 Å². The lowest BCUT2D eigenvalue weighted by Gasteiger charge is -2.45. The molecule has 4 rings (SSSR count). The van der Waals surface area contributed by atoms with Crippen LogP contribution in [0.15, 0.2) is 43.2 Å². The van der Waals surface area contributed by atoms with Crippen molar-refractivity contribution in [1.82, 2.24) is 14.9 Å². The third-order valence-corrected chi connectivity index (χ3v) is 5.99. The number of amides is 1. The number of halogens is 3. The number of nitrogens with zero attached hydrogens (tertiary/aromatic N) is 4. The van der Waals surface area contributed by atoms with Gasteiger partial charge in [-0.1, -0.05) is 24.2 Å². The molecule has 0 aliphatic carbocycles. The Morgan fingerprint density at radius 3 is 2.53 bits per heavy atom. The smallest absolute Gasteiger partial charge is 0.246 e. The second-order valence-electron chi connectivity index (χ2n) is 7.83. The first-order valence-corrected chi connectivity index (χ1v) is 10.4. The van der Waals surface area contributed by atoms with Crippen LogP contribution in [0.5, 0.6) is 5.75 Å². The van der Waals surface area contributed by atoms with Crippen LogP contribution in [0.25, 0.3) is 22.0 Å². The Bertz CT molecular complexity index is 1200. The largest absolute Gasteiger partial charge is 0.507 e. The number of hydrogen-bond acceptors (Lipinski definition) is 5. The van der Waals surface area contributed by atoms with Gasteiger partial charge < -0.3 is 14.9 Å². The minimum atomic E-state index is -0.850. The molecule has 6 nitrogen and oxygen atoms in total. The van der Waals surface area contributed by atoms with Crippen molar-refractivity contribution in [2.24, 2.45) is 0 Å². The second kappa shape index (κ2) is 8.35. The minimum Gasteiger partial charge on any atom is -0.507 e. The lowest BCUT2D eigenvalue weighted by molar-refractivity contribution is -0.127. The van der Waals surface area contributed by atoms with Gasteiger partial charge in [-0.05, 0) is 38.1 Å². The summed E-state index contributed by atoms with van der Waals surface area (Å²) in [5.74, 6) is -1.77. The first-order valence-electron chi connectivity index (χ1n) is 10.0. The molecule has 1 saturated heterocycles. The molecule has 1 amide bonds. The number of piperazine rings is 1. The van der Waals surface area contributed by atoms with Crippen molar-refractivity contribution in [2.75, 3.05) is 18.0 Å². The average Bonchev–Trinajstić information content (AvgIpc) is 2.75. The zero-order valence-electron chi connectivity index (χ0n) is 17.5. The highest BCUT2D eigenvalue weighted by Gasteiger charge is 2.33. The molecule has 1 N–H and O–H groups in total. The number of anilines is 1. The van der Waals surface area contributed by atoms with Crippen LogP contribution in [0.1, 0.15) is 13.8 Å². The number of hydrogen-bond donors (Lipinski definition) is 1.